The number of aryl methyl sites for hydroxylation is 3. The van der Waals surface area contributed by atoms with Gasteiger partial charge in [0.15, 0.2) is 0 Å². The second kappa shape index (κ2) is 7.40. The van der Waals surface area contributed by atoms with Crippen LogP contribution in [0.4, 0.5) is 5.69 Å². The summed E-state index contributed by atoms with van der Waals surface area (Å²) >= 11 is 6.51. The minimum atomic E-state index is 0.207. The molecule has 0 saturated heterocycles. The Hall–Kier alpha value is -2.13. The number of carbonyl (C=O) groups excluding carboxylic acids is 1. The van der Waals surface area contributed by atoms with Gasteiger partial charge in [-0.15, -0.1) is 0 Å². The average Bonchev–Trinajstić information content (AvgIpc) is 2.52. The van der Waals surface area contributed by atoms with Crippen LogP contribution in [-0.2, 0) is 4.79 Å². The van der Waals surface area contributed by atoms with E-state index < -0.39 is 0 Å². The van der Waals surface area contributed by atoms with Crippen LogP contribution in [0.5, 0.6) is 0 Å². The van der Waals surface area contributed by atoms with E-state index >= 15 is 0 Å². The van der Waals surface area contributed by atoms with Gasteiger partial charge in [-0.05, 0) is 74.9 Å². The largest absolute Gasteiger partial charge is 0.296 e. The number of benzene rings is 2. The van der Waals surface area contributed by atoms with Crippen molar-refractivity contribution in [2.24, 2.45) is 4.99 Å². The second-order valence-electron chi connectivity index (χ2n) is 6.81. The number of amides is 1. The van der Waals surface area contributed by atoms with E-state index in [0.29, 0.717) is 10.9 Å². The van der Waals surface area contributed by atoms with Crippen LogP contribution < -0.4 is 0 Å². The number of aliphatic imine (C=N–C) groups is 1. The zero-order valence-corrected chi connectivity index (χ0v) is 15.7. The first-order chi connectivity index (χ1) is 12.0. The predicted molar refractivity (Wildman–Crippen MR) is 104 cm³/mol. The van der Waals surface area contributed by atoms with Crippen molar-refractivity contribution < 1.29 is 4.79 Å². The zero-order valence-electron chi connectivity index (χ0n) is 14.9. The van der Waals surface area contributed by atoms with Crippen LogP contribution in [0.3, 0.4) is 0 Å². The van der Waals surface area contributed by atoms with Crippen molar-refractivity contribution in [3.05, 3.63) is 63.7 Å². The summed E-state index contributed by atoms with van der Waals surface area (Å²) in [6.07, 6.45) is 4.06. The molecule has 2 aromatic carbocycles. The van der Waals surface area contributed by atoms with Crippen molar-refractivity contribution >= 4 is 29.5 Å². The lowest BCUT2D eigenvalue weighted by molar-refractivity contribution is -0.117. The van der Waals surface area contributed by atoms with Gasteiger partial charge >= 0.3 is 0 Å². The van der Waals surface area contributed by atoms with Gasteiger partial charge in [-0.1, -0.05) is 29.8 Å². The number of hydrogen-bond donors (Lipinski definition) is 0. The van der Waals surface area contributed by atoms with E-state index in [-0.39, 0.29) is 6.04 Å². The summed E-state index contributed by atoms with van der Waals surface area (Å²) in [4.78, 5) is 18.5. The Labute approximate surface area is 154 Å². The van der Waals surface area contributed by atoms with E-state index in [1.807, 2.05) is 45.0 Å². The molecule has 1 amide bonds. The summed E-state index contributed by atoms with van der Waals surface area (Å²) in [6.45, 7) is 6.07. The third-order valence-electron chi connectivity index (χ3n) is 4.78. The van der Waals surface area contributed by atoms with E-state index in [1.54, 1.807) is 4.90 Å². The van der Waals surface area contributed by atoms with Gasteiger partial charge in [0.1, 0.15) is 5.84 Å². The van der Waals surface area contributed by atoms with Crippen molar-refractivity contribution in [3.8, 4) is 0 Å². The number of nitrogens with zero attached hydrogens (tertiary/aromatic N) is 2. The molecule has 25 heavy (non-hydrogen) atoms. The van der Waals surface area contributed by atoms with E-state index in [2.05, 4.69) is 12.1 Å². The first-order valence-electron chi connectivity index (χ1n) is 8.65. The molecular formula is C21H23ClN2O. The molecular weight excluding hydrogens is 332 g/mol. The van der Waals surface area contributed by atoms with E-state index in [1.165, 1.54) is 0 Å². The van der Waals surface area contributed by atoms with Gasteiger partial charge in [-0.3, -0.25) is 9.69 Å². The molecule has 3 rings (SSSR count). The van der Waals surface area contributed by atoms with Crippen LogP contribution in [0.2, 0.25) is 5.02 Å². The van der Waals surface area contributed by atoms with E-state index in [0.717, 1.165) is 53.6 Å². The number of amidine groups is 1. The highest BCUT2D eigenvalue weighted by atomic mass is 35.5. The topological polar surface area (TPSA) is 32.7 Å². The molecule has 0 heterocycles. The van der Waals surface area contributed by atoms with Crippen LogP contribution >= 0.6 is 11.6 Å². The molecule has 0 N–H and O–H groups in total. The lowest BCUT2D eigenvalue weighted by atomic mass is 9.91. The van der Waals surface area contributed by atoms with Crippen molar-refractivity contribution in [1.29, 1.82) is 0 Å². The van der Waals surface area contributed by atoms with Gasteiger partial charge in [0.05, 0.1) is 10.7 Å². The lowest BCUT2D eigenvalue weighted by Crippen LogP contribution is -2.43. The number of carbonyl (C=O) groups is 1. The number of hydrogen-bond acceptors (Lipinski definition) is 2. The summed E-state index contributed by atoms with van der Waals surface area (Å²) in [5.41, 5.74) is 4.97. The molecule has 1 aliphatic carbocycles. The molecule has 1 aliphatic rings. The van der Waals surface area contributed by atoms with Crippen LogP contribution in [0, 0.1) is 20.8 Å². The molecule has 0 radical (unpaired) electrons. The second-order valence-corrected chi connectivity index (χ2v) is 7.21. The third-order valence-corrected chi connectivity index (χ3v) is 5.10. The van der Waals surface area contributed by atoms with Crippen LogP contribution in [0.1, 0.15) is 41.5 Å². The Balaban J connectivity index is 2.15. The smallest absolute Gasteiger partial charge is 0.215 e. The summed E-state index contributed by atoms with van der Waals surface area (Å²) < 4.78 is 0. The van der Waals surface area contributed by atoms with Gasteiger partial charge in [-0.2, -0.15) is 0 Å². The Morgan fingerprint density at radius 2 is 1.80 bits per heavy atom. The SMILES string of the molecule is Cc1ccc(C(=Nc2cc(C)ccc2C)N(C=O)C2CCC2)c(Cl)c1. The predicted octanol–water partition coefficient (Wildman–Crippen LogP) is 5.35. The normalized spacial score (nSPS) is 15.0. The Kier molecular flexibility index (Phi) is 5.24. The average molecular weight is 355 g/mol. The summed E-state index contributed by atoms with van der Waals surface area (Å²) in [5.74, 6) is 0.637. The molecule has 2 aromatic rings. The summed E-state index contributed by atoms with van der Waals surface area (Å²) in [5, 5.41) is 0.621. The monoisotopic (exact) mass is 354 g/mol. The van der Waals surface area contributed by atoms with Crippen LogP contribution in [-0.4, -0.2) is 23.2 Å². The maximum Gasteiger partial charge on any atom is 0.215 e. The van der Waals surface area contributed by atoms with Gasteiger partial charge in [0.2, 0.25) is 6.41 Å². The Morgan fingerprint density at radius 3 is 2.40 bits per heavy atom. The molecule has 0 bridgehead atoms. The molecule has 1 fully saturated rings. The van der Waals surface area contributed by atoms with Gasteiger partial charge in [-0.25, -0.2) is 4.99 Å². The van der Waals surface area contributed by atoms with E-state index in [9.17, 15) is 4.79 Å². The van der Waals surface area contributed by atoms with Gasteiger partial charge < -0.3 is 0 Å². The Bertz CT molecular complexity index is 825. The molecule has 0 atom stereocenters. The van der Waals surface area contributed by atoms with Crippen LogP contribution in [0.15, 0.2) is 41.4 Å². The van der Waals surface area contributed by atoms with Gasteiger partial charge in [0, 0.05) is 11.6 Å². The zero-order chi connectivity index (χ0) is 18.0. The third kappa shape index (κ3) is 3.77. The number of halogens is 1. The summed E-state index contributed by atoms with van der Waals surface area (Å²) in [6, 6.07) is 12.2. The van der Waals surface area contributed by atoms with Gasteiger partial charge in [0.25, 0.3) is 0 Å². The molecule has 130 valence electrons. The Morgan fingerprint density at radius 1 is 1.12 bits per heavy atom. The minimum absolute atomic E-state index is 0.207. The summed E-state index contributed by atoms with van der Waals surface area (Å²) in [7, 11) is 0. The molecule has 0 unspecified atom stereocenters. The minimum Gasteiger partial charge on any atom is -0.296 e. The maximum atomic E-state index is 11.9. The first-order valence-corrected chi connectivity index (χ1v) is 9.03. The van der Waals surface area contributed by atoms with Crippen molar-refractivity contribution in [1.82, 2.24) is 4.90 Å². The highest BCUT2D eigenvalue weighted by Gasteiger charge is 2.29. The molecule has 1 saturated carbocycles. The molecule has 0 aromatic heterocycles. The fourth-order valence-corrected chi connectivity index (χ4v) is 3.31. The van der Waals surface area contributed by atoms with Crippen molar-refractivity contribution in [2.45, 2.75) is 46.1 Å². The maximum absolute atomic E-state index is 11.9. The number of rotatable bonds is 4. The lowest BCUT2D eigenvalue weighted by Gasteiger charge is -2.35. The standard InChI is InChI=1S/C21H23ClN2O/c1-14-8-10-18(19(22)11-14)21(24(13-25)17-5-4-6-17)23-20-12-15(2)7-9-16(20)3/h7-13,17H,4-6H2,1-3H3. The quantitative estimate of drug-likeness (QED) is 0.413. The molecule has 0 aliphatic heterocycles. The highest BCUT2D eigenvalue weighted by molar-refractivity contribution is 6.34. The van der Waals surface area contributed by atoms with Crippen molar-refractivity contribution in [3.63, 3.8) is 0 Å². The molecule has 0 spiro atoms. The van der Waals surface area contributed by atoms with Crippen molar-refractivity contribution in [2.75, 3.05) is 0 Å². The fourth-order valence-electron chi connectivity index (χ4n) is 2.99. The fraction of sp³-hybridized carbons (Fsp3) is 0.333. The van der Waals surface area contributed by atoms with Crippen LogP contribution in [0.25, 0.3) is 0 Å². The highest BCUT2D eigenvalue weighted by Crippen LogP contribution is 2.30. The molecule has 3 nitrogen and oxygen atoms in total. The first kappa shape index (κ1) is 17.7. The van der Waals surface area contributed by atoms with E-state index in [4.69, 9.17) is 16.6 Å². The molecule has 4 heteroatoms.